The molecule has 5 nitrogen and oxygen atoms in total. The molecule has 0 radical (unpaired) electrons. The van der Waals surface area contributed by atoms with Gasteiger partial charge in [-0.05, 0) is 19.8 Å². The summed E-state index contributed by atoms with van der Waals surface area (Å²) in [6, 6.07) is 1.88. The van der Waals surface area contributed by atoms with Gasteiger partial charge in [0.2, 0.25) is 0 Å². The van der Waals surface area contributed by atoms with Crippen LogP contribution in [0.25, 0.3) is 0 Å². The SMILES string of the molecule is Cc1nc(NN)cc(SC2CCOCC2)n1. The third-order valence-corrected chi connectivity index (χ3v) is 3.67. The fraction of sp³-hybridized carbons (Fsp3) is 0.600. The van der Waals surface area contributed by atoms with Crippen molar-refractivity contribution in [3.63, 3.8) is 0 Å². The summed E-state index contributed by atoms with van der Waals surface area (Å²) in [7, 11) is 0. The maximum Gasteiger partial charge on any atom is 0.144 e. The molecule has 0 spiro atoms. The largest absolute Gasteiger partial charge is 0.381 e. The van der Waals surface area contributed by atoms with Gasteiger partial charge in [-0.25, -0.2) is 15.8 Å². The third kappa shape index (κ3) is 3.07. The van der Waals surface area contributed by atoms with Gasteiger partial charge in [0.25, 0.3) is 0 Å². The van der Waals surface area contributed by atoms with Crippen molar-refractivity contribution in [3.05, 3.63) is 11.9 Å². The Hall–Kier alpha value is -0.850. The van der Waals surface area contributed by atoms with Crippen molar-refractivity contribution >= 4 is 17.6 Å². The summed E-state index contributed by atoms with van der Waals surface area (Å²) in [6.45, 7) is 3.57. The number of nitrogen functional groups attached to an aromatic ring is 1. The zero-order chi connectivity index (χ0) is 11.4. The minimum absolute atomic E-state index is 0.591. The second-order valence-corrected chi connectivity index (χ2v) is 5.03. The first-order valence-corrected chi connectivity index (χ1v) is 6.22. The summed E-state index contributed by atoms with van der Waals surface area (Å²) in [5.41, 5.74) is 2.56. The lowest BCUT2D eigenvalue weighted by atomic mass is 10.2. The highest BCUT2D eigenvalue weighted by atomic mass is 32.2. The van der Waals surface area contributed by atoms with Crippen molar-refractivity contribution in [3.8, 4) is 0 Å². The lowest BCUT2D eigenvalue weighted by Gasteiger charge is -2.21. The van der Waals surface area contributed by atoms with Crippen LogP contribution in [0.2, 0.25) is 0 Å². The molecule has 0 unspecified atom stereocenters. The predicted octanol–water partition coefficient (Wildman–Crippen LogP) is 1.34. The van der Waals surface area contributed by atoms with Gasteiger partial charge in [0.05, 0.1) is 0 Å². The standard InChI is InChI=1S/C10H16N4OS/c1-7-12-9(14-11)6-10(13-7)16-8-2-4-15-5-3-8/h6,8H,2-5,11H2,1H3,(H,12,13,14). The van der Waals surface area contributed by atoms with E-state index < -0.39 is 0 Å². The van der Waals surface area contributed by atoms with Crippen LogP contribution in [0.5, 0.6) is 0 Å². The average Bonchev–Trinajstić information content (AvgIpc) is 2.29. The van der Waals surface area contributed by atoms with E-state index in [0.29, 0.717) is 11.1 Å². The fourth-order valence-electron chi connectivity index (χ4n) is 1.64. The summed E-state index contributed by atoms with van der Waals surface area (Å²) >= 11 is 1.78. The zero-order valence-corrected chi connectivity index (χ0v) is 10.1. The Morgan fingerprint density at radius 2 is 2.19 bits per heavy atom. The number of anilines is 1. The molecule has 88 valence electrons. The summed E-state index contributed by atoms with van der Waals surface area (Å²) in [5.74, 6) is 6.76. The van der Waals surface area contributed by atoms with Crippen LogP contribution in [-0.4, -0.2) is 28.4 Å². The Balaban J connectivity index is 2.04. The lowest BCUT2D eigenvalue weighted by Crippen LogP contribution is -2.17. The van der Waals surface area contributed by atoms with Gasteiger partial charge in [-0.2, -0.15) is 0 Å². The summed E-state index contributed by atoms with van der Waals surface area (Å²) < 4.78 is 5.33. The van der Waals surface area contributed by atoms with Crippen molar-refractivity contribution in [1.29, 1.82) is 0 Å². The van der Waals surface area contributed by atoms with E-state index in [4.69, 9.17) is 10.6 Å². The molecule has 0 aliphatic carbocycles. The maximum atomic E-state index is 5.35. The van der Waals surface area contributed by atoms with Crippen LogP contribution in [-0.2, 0) is 4.74 Å². The number of hydrazine groups is 1. The molecule has 2 heterocycles. The molecular weight excluding hydrogens is 224 g/mol. The molecule has 1 saturated heterocycles. The molecule has 0 saturated carbocycles. The third-order valence-electron chi connectivity index (χ3n) is 2.42. The molecule has 1 aromatic heterocycles. The van der Waals surface area contributed by atoms with Gasteiger partial charge in [0.1, 0.15) is 16.7 Å². The van der Waals surface area contributed by atoms with Gasteiger partial charge >= 0.3 is 0 Å². The number of nitrogens with two attached hydrogens (primary N) is 1. The number of ether oxygens (including phenoxy) is 1. The molecule has 0 atom stereocenters. The number of hydrogen-bond donors (Lipinski definition) is 2. The molecular formula is C10H16N4OS. The number of nitrogens with zero attached hydrogens (tertiary/aromatic N) is 2. The number of nitrogens with one attached hydrogen (secondary N) is 1. The molecule has 3 N–H and O–H groups in total. The van der Waals surface area contributed by atoms with Gasteiger partial charge in [0.15, 0.2) is 0 Å². The highest BCUT2D eigenvalue weighted by molar-refractivity contribution is 7.99. The minimum atomic E-state index is 0.591. The van der Waals surface area contributed by atoms with Crippen LogP contribution in [0.1, 0.15) is 18.7 Å². The van der Waals surface area contributed by atoms with Gasteiger partial charge in [-0.1, -0.05) is 0 Å². The summed E-state index contributed by atoms with van der Waals surface area (Å²) in [4.78, 5) is 8.55. The number of hydrogen-bond acceptors (Lipinski definition) is 6. The van der Waals surface area contributed by atoms with E-state index in [2.05, 4.69) is 15.4 Å². The van der Waals surface area contributed by atoms with Crippen molar-refractivity contribution in [2.75, 3.05) is 18.6 Å². The second kappa shape index (κ2) is 5.47. The molecule has 1 fully saturated rings. The Bertz CT molecular complexity index is 355. The Labute approximate surface area is 99.2 Å². The van der Waals surface area contributed by atoms with Crippen molar-refractivity contribution in [2.24, 2.45) is 5.84 Å². The maximum absolute atomic E-state index is 5.35. The number of aryl methyl sites for hydroxylation is 1. The van der Waals surface area contributed by atoms with Crippen molar-refractivity contribution in [1.82, 2.24) is 9.97 Å². The first kappa shape index (κ1) is 11.6. The minimum Gasteiger partial charge on any atom is -0.381 e. The van der Waals surface area contributed by atoms with Crippen LogP contribution in [0.15, 0.2) is 11.1 Å². The second-order valence-electron chi connectivity index (χ2n) is 3.71. The van der Waals surface area contributed by atoms with Crippen LogP contribution in [0.4, 0.5) is 5.82 Å². The molecule has 1 aliphatic heterocycles. The number of thioether (sulfide) groups is 1. The Kier molecular flexibility index (Phi) is 3.98. The fourth-order valence-corrected chi connectivity index (χ4v) is 2.77. The van der Waals surface area contributed by atoms with Crippen LogP contribution >= 0.6 is 11.8 Å². The average molecular weight is 240 g/mol. The highest BCUT2D eigenvalue weighted by Crippen LogP contribution is 2.29. The zero-order valence-electron chi connectivity index (χ0n) is 9.27. The molecule has 16 heavy (non-hydrogen) atoms. The molecule has 1 aliphatic rings. The lowest BCUT2D eigenvalue weighted by molar-refractivity contribution is 0.1000. The molecule has 0 aromatic carbocycles. The molecule has 2 rings (SSSR count). The van der Waals surface area contributed by atoms with E-state index in [-0.39, 0.29) is 0 Å². The molecule has 1 aromatic rings. The van der Waals surface area contributed by atoms with E-state index in [1.807, 2.05) is 13.0 Å². The first-order chi connectivity index (χ1) is 7.78. The highest BCUT2D eigenvalue weighted by Gasteiger charge is 2.16. The van der Waals surface area contributed by atoms with E-state index in [9.17, 15) is 0 Å². The topological polar surface area (TPSA) is 73.1 Å². The van der Waals surface area contributed by atoms with E-state index in [1.54, 1.807) is 11.8 Å². The van der Waals surface area contributed by atoms with Gasteiger partial charge in [-0.3, -0.25) is 0 Å². The predicted molar refractivity (Wildman–Crippen MR) is 64.3 cm³/mol. The van der Waals surface area contributed by atoms with Crippen LogP contribution < -0.4 is 11.3 Å². The van der Waals surface area contributed by atoms with Crippen LogP contribution in [0, 0.1) is 6.92 Å². The monoisotopic (exact) mass is 240 g/mol. The van der Waals surface area contributed by atoms with E-state index in [0.717, 1.165) is 36.9 Å². The number of rotatable bonds is 3. The van der Waals surface area contributed by atoms with Gasteiger partial charge in [0, 0.05) is 24.5 Å². The molecule has 0 amide bonds. The number of aromatic nitrogens is 2. The summed E-state index contributed by atoms with van der Waals surface area (Å²) in [5, 5.41) is 1.57. The van der Waals surface area contributed by atoms with Crippen molar-refractivity contribution < 1.29 is 4.74 Å². The van der Waals surface area contributed by atoms with Crippen LogP contribution in [0.3, 0.4) is 0 Å². The normalized spacial score (nSPS) is 17.4. The van der Waals surface area contributed by atoms with E-state index >= 15 is 0 Å². The first-order valence-electron chi connectivity index (χ1n) is 5.34. The Morgan fingerprint density at radius 1 is 1.44 bits per heavy atom. The molecule has 0 bridgehead atoms. The van der Waals surface area contributed by atoms with Crippen molar-refractivity contribution in [2.45, 2.75) is 30.0 Å². The summed E-state index contributed by atoms with van der Waals surface area (Å²) in [6.07, 6.45) is 2.16. The van der Waals surface area contributed by atoms with Gasteiger partial charge in [-0.15, -0.1) is 11.8 Å². The van der Waals surface area contributed by atoms with Gasteiger partial charge < -0.3 is 10.2 Å². The Morgan fingerprint density at radius 3 is 2.88 bits per heavy atom. The molecule has 6 heteroatoms. The smallest absolute Gasteiger partial charge is 0.144 e. The quantitative estimate of drug-likeness (QED) is 0.472. The van der Waals surface area contributed by atoms with E-state index in [1.165, 1.54) is 0 Å².